The molecule has 1 aliphatic heterocycles. The summed E-state index contributed by atoms with van der Waals surface area (Å²) in [4.78, 5) is 13.1. The molecule has 8 N–H and O–H groups in total. The standard InChI is InChI=1S/C55H101NO10/c1-3-5-7-9-11-13-15-17-19-20-21-22-23-24-25-26-27-29-31-33-35-37-39-41-43-48(59)54(64)56-46(45-65-55-53(63)52(62)51(61)49(44-57)66-55)50(60)47(58)42-40-38-36-34-32-30-28-18-16-14-12-10-8-6-4-2/h10,12,18,24-25,28,34,36,46-53,55,57-63H,3-9,11,13-17,19-23,26-27,29-33,35,37-45H2,1-2H3,(H,56,64)/b12-10+,25-24-,28-18+,36-34+. The highest BCUT2D eigenvalue weighted by atomic mass is 16.7. The number of unbranched alkanes of at least 4 members (excludes halogenated alkanes) is 25. The summed E-state index contributed by atoms with van der Waals surface area (Å²) in [5.74, 6) is -0.716. The van der Waals surface area contributed by atoms with Gasteiger partial charge in [0.1, 0.15) is 36.6 Å². The van der Waals surface area contributed by atoms with E-state index in [-0.39, 0.29) is 12.8 Å². The molecular weight excluding hydrogens is 835 g/mol. The fourth-order valence-electron chi connectivity index (χ4n) is 8.34. The Morgan fingerprint density at radius 3 is 1.39 bits per heavy atom. The third-order valence-electron chi connectivity index (χ3n) is 12.8. The topological polar surface area (TPSA) is 189 Å². The van der Waals surface area contributed by atoms with Crippen molar-refractivity contribution in [3.05, 3.63) is 48.6 Å². The van der Waals surface area contributed by atoms with E-state index in [2.05, 4.69) is 67.8 Å². The minimum absolute atomic E-state index is 0.239. The van der Waals surface area contributed by atoms with Crippen molar-refractivity contribution < 1.29 is 50.0 Å². The summed E-state index contributed by atoms with van der Waals surface area (Å²) in [5.41, 5.74) is 0. The Bertz CT molecular complexity index is 1210. The number of amides is 1. The molecule has 0 aromatic carbocycles. The first-order chi connectivity index (χ1) is 32.2. The van der Waals surface area contributed by atoms with Crippen molar-refractivity contribution in [1.29, 1.82) is 0 Å². The smallest absolute Gasteiger partial charge is 0.249 e. The van der Waals surface area contributed by atoms with Crippen LogP contribution in [0.4, 0.5) is 0 Å². The molecule has 9 atom stereocenters. The fourth-order valence-corrected chi connectivity index (χ4v) is 8.34. The predicted octanol–water partition coefficient (Wildman–Crippen LogP) is 10.5. The summed E-state index contributed by atoms with van der Waals surface area (Å²) in [5, 5.41) is 75.9. The fraction of sp³-hybridized carbons (Fsp3) is 0.836. The molecule has 1 fully saturated rings. The van der Waals surface area contributed by atoms with Crippen molar-refractivity contribution >= 4 is 5.91 Å². The number of aliphatic hydroxyl groups is 7. The zero-order chi connectivity index (χ0) is 48.3. The quantitative estimate of drug-likeness (QED) is 0.0216. The van der Waals surface area contributed by atoms with E-state index in [9.17, 15) is 40.5 Å². The van der Waals surface area contributed by atoms with Gasteiger partial charge in [-0.05, 0) is 83.5 Å². The van der Waals surface area contributed by atoms with Crippen LogP contribution in [0.15, 0.2) is 48.6 Å². The molecule has 0 aliphatic carbocycles. The summed E-state index contributed by atoms with van der Waals surface area (Å²) < 4.78 is 11.1. The molecule has 386 valence electrons. The highest BCUT2D eigenvalue weighted by molar-refractivity contribution is 5.80. The van der Waals surface area contributed by atoms with E-state index in [0.29, 0.717) is 19.3 Å². The Morgan fingerprint density at radius 1 is 0.515 bits per heavy atom. The number of carbonyl (C=O) groups is 1. The molecule has 11 nitrogen and oxygen atoms in total. The van der Waals surface area contributed by atoms with Gasteiger partial charge in [-0.1, -0.05) is 191 Å². The lowest BCUT2D eigenvalue weighted by atomic mass is 9.98. The van der Waals surface area contributed by atoms with Crippen LogP contribution in [-0.2, 0) is 14.3 Å². The number of carbonyl (C=O) groups excluding carboxylic acids is 1. The number of allylic oxidation sites excluding steroid dienone is 8. The number of ether oxygens (including phenoxy) is 2. The highest BCUT2D eigenvalue weighted by Crippen LogP contribution is 2.23. The van der Waals surface area contributed by atoms with Gasteiger partial charge in [-0.15, -0.1) is 0 Å². The Balaban J connectivity index is 2.36. The van der Waals surface area contributed by atoms with Gasteiger partial charge in [-0.3, -0.25) is 4.79 Å². The molecule has 1 saturated heterocycles. The van der Waals surface area contributed by atoms with Gasteiger partial charge < -0.3 is 50.5 Å². The van der Waals surface area contributed by atoms with Gasteiger partial charge in [0.05, 0.1) is 25.4 Å². The van der Waals surface area contributed by atoms with Crippen LogP contribution in [0, 0.1) is 0 Å². The molecule has 0 spiro atoms. The van der Waals surface area contributed by atoms with Crippen LogP contribution in [0.1, 0.15) is 226 Å². The average Bonchev–Trinajstić information content (AvgIpc) is 3.32. The summed E-state index contributed by atoms with van der Waals surface area (Å²) >= 11 is 0. The van der Waals surface area contributed by atoms with Crippen LogP contribution in [-0.4, -0.2) is 110 Å². The zero-order valence-electron chi connectivity index (χ0n) is 41.9. The van der Waals surface area contributed by atoms with E-state index in [1.165, 1.54) is 122 Å². The van der Waals surface area contributed by atoms with Gasteiger partial charge in [-0.25, -0.2) is 0 Å². The summed E-state index contributed by atoms with van der Waals surface area (Å²) in [6.07, 6.45) is 43.1. The van der Waals surface area contributed by atoms with Gasteiger partial charge in [-0.2, -0.15) is 0 Å². The predicted molar refractivity (Wildman–Crippen MR) is 270 cm³/mol. The normalized spacial score (nSPS) is 21.1. The second-order valence-corrected chi connectivity index (χ2v) is 18.9. The second kappa shape index (κ2) is 44.3. The lowest BCUT2D eigenvalue weighted by molar-refractivity contribution is -0.303. The molecule has 0 radical (unpaired) electrons. The summed E-state index contributed by atoms with van der Waals surface area (Å²) in [6.45, 7) is 3.39. The van der Waals surface area contributed by atoms with Crippen molar-refractivity contribution in [3.63, 3.8) is 0 Å². The first-order valence-corrected chi connectivity index (χ1v) is 27.0. The van der Waals surface area contributed by atoms with E-state index >= 15 is 0 Å². The largest absolute Gasteiger partial charge is 0.394 e. The van der Waals surface area contributed by atoms with Crippen molar-refractivity contribution in [2.75, 3.05) is 13.2 Å². The van der Waals surface area contributed by atoms with E-state index in [0.717, 1.165) is 57.8 Å². The molecule has 0 aromatic heterocycles. The van der Waals surface area contributed by atoms with E-state index in [4.69, 9.17) is 9.47 Å². The maximum absolute atomic E-state index is 13.1. The molecule has 9 unspecified atom stereocenters. The molecule has 1 rings (SSSR count). The Kier molecular flexibility index (Phi) is 41.7. The zero-order valence-corrected chi connectivity index (χ0v) is 41.9. The monoisotopic (exact) mass is 936 g/mol. The van der Waals surface area contributed by atoms with Crippen LogP contribution in [0.2, 0.25) is 0 Å². The van der Waals surface area contributed by atoms with E-state index in [1.54, 1.807) is 0 Å². The average molecular weight is 936 g/mol. The first-order valence-electron chi connectivity index (χ1n) is 27.0. The van der Waals surface area contributed by atoms with Crippen molar-refractivity contribution in [2.24, 2.45) is 0 Å². The SMILES string of the molecule is CCCC/C=C/CC/C=C/CC/C=C/CCCC(O)C(O)C(COC1OC(CO)C(O)C(O)C1O)NC(=O)C(O)CCCCCCCCCC/C=C\CCCCCCCCCCCCCC. The summed E-state index contributed by atoms with van der Waals surface area (Å²) in [7, 11) is 0. The third-order valence-corrected chi connectivity index (χ3v) is 12.8. The minimum Gasteiger partial charge on any atom is -0.394 e. The van der Waals surface area contributed by atoms with Gasteiger partial charge in [0.2, 0.25) is 5.91 Å². The van der Waals surface area contributed by atoms with Gasteiger partial charge in [0.25, 0.3) is 0 Å². The van der Waals surface area contributed by atoms with Gasteiger partial charge in [0, 0.05) is 0 Å². The van der Waals surface area contributed by atoms with Crippen molar-refractivity contribution in [3.8, 4) is 0 Å². The van der Waals surface area contributed by atoms with E-state index < -0.39 is 74.2 Å². The van der Waals surface area contributed by atoms with Gasteiger partial charge in [0.15, 0.2) is 6.29 Å². The molecule has 0 saturated carbocycles. The van der Waals surface area contributed by atoms with Gasteiger partial charge >= 0.3 is 0 Å². The first kappa shape index (κ1) is 62.1. The minimum atomic E-state index is -1.67. The molecule has 0 aromatic rings. The lowest BCUT2D eigenvalue weighted by Crippen LogP contribution is -2.60. The van der Waals surface area contributed by atoms with E-state index in [1.807, 2.05) is 0 Å². The molecular formula is C55H101NO10. The van der Waals surface area contributed by atoms with Crippen LogP contribution < -0.4 is 5.32 Å². The van der Waals surface area contributed by atoms with Crippen LogP contribution in [0.25, 0.3) is 0 Å². The number of aliphatic hydroxyl groups excluding tert-OH is 7. The second-order valence-electron chi connectivity index (χ2n) is 18.9. The molecule has 1 amide bonds. The maximum Gasteiger partial charge on any atom is 0.249 e. The number of rotatable bonds is 45. The molecule has 1 heterocycles. The van der Waals surface area contributed by atoms with Crippen LogP contribution in [0.5, 0.6) is 0 Å². The maximum atomic E-state index is 13.1. The van der Waals surface area contributed by atoms with Crippen molar-refractivity contribution in [1.82, 2.24) is 5.32 Å². The molecule has 0 bridgehead atoms. The molecule has 11 heteroatoms. The number of nitrogens with one attached hydrogen (secondary N) is 1. The van der Waals surface area contributed by atoms with Crippen LogP contribution >= 0.6 is 0 Å². The van der Waals surface area contributed by atoms with Crippen LogP contribution in [0.3, 0.4) is 0 Å². The number of hydrogen-bond acceptors (Lipinski definition) is 10. The number of hydrogen-bond donors (Lipinski definition) is 8. The third kappa shape index (κ3) is 32.8. The Hall–Kier alpha value is -1.93. The lowest BCUT2D eigenvalue weighted by Gasteiger charge is -2.40. The van der Waals surface area contributed by atoms with Crippen molar-refractivity contribution in [2.45, 2.75) is 281 Å². The Labute approximate surface area is 402 Å². The Morgan fingerprint density at radius 2 is 0.924 bits per heavy atom. The summed E-state index contributed by atoms with van der Waals surface area (Å²) in [6, 6.07) is -1.20. The molecule has 1 aliphatic rings. The highest BCUT2D eigenvalue weighted by Gasteiger charge is 2.44. The molecule has 66 heavy (non-hydrogen) atoms.